The number of alkyl halides is 1. The smallest absolute Gasteiger partial charge is 0.110 e. The summed E-state index contributed by atoms with van der Waals surface area (Å²) < 4.78 is 12.8. The summed E-state index contributed by atoms with van der Waals surface area (Å²) in [5.41, 5.74) is 0.169. The van der Waals surface area contributed by atoms with Crippen molar-refractivity contribution in [2.75, 3.05) is 19.6 Å². The molecular formula is C11H23FN2. The molecule has 1 fully saturated rings. The van der Waals surface area contributed by atoms with E-state index in [1.165, 1.54) is 0 Å². The third-order valence-corrected chi connectivity index (χ3v) is 2.42. The SMILES string of the molecule is CC(F)CN1CC[C@@H](NC(C)(C)C)C1. The Morgan fingerprint density at radius 2 is 2.14 bits per heavy atom. The third-order valence-electron chi connectivity index (χ3n) is 2.42. The molecule has 0 aliphatic carbocycles. The van der Waals surface area contributed by atoms with Gasteiger partial charge >= 0.3 is 0 Å². The summed E-state index contributed by atoms with van der Waals surface area (Å²) in [6, 6.07) is 0.536. The zero-order valence-corrected chi connectivity index (χ0v) is 9.81. The molecule has 0 radical (unpaired) electrons. The van der Waals surface area contributed by atoms with E-state index in [0.717, 1.165) is 19.5 Å². The molecule has 2 atom stereocenters. The molecule has 1 heterocycles. The fraction of sp³-hybridized carbons (Fsp3) is 1.00. The van der Waals surface area contributed by atoms with Crippen LogP contribution < -0.4 is 5.32 Å². The first-order chi connectivity index (χ1) is 6.37. The van der Waals surface area contributed by atoms with Gasteiger partial charge in [0.1, 0.15) is 6.17 Å². The standard InChI is InChI=1S/C11H23FN2/c1-9(12)7-14-6-5-10(8-14)13-11(2,3)4/h9-10,13H,5-8H2,1-4H3/t9?,10-/m1/s1. The van der Waals surface area contributed by atoms with Crippen LogP contribution >= 0.6 is 0 Å². The Morgan fingerprint density at radius 1 is 1.50 bits per heavy atom. The maximum Gasteiger partial charge on any atom is 0.110 e. The van der Waals surface area contributed by atoms with E-state index in [1.807, 2.05) is 0 Å². The Bertz CT molecular complexity index is 175. The quantitative estimate of drug-likeness (QED) is 0.751. The molecule has 1 N–H and O–H groups in total. The van der Waals surface area contributed by atoms with Crippen molar-refractivity contribution < 1.29 is 4.39 Å². The molecule has 2 nitrogen and oxygen atoms in total. The molecule has 0 saturated carbocycles. The van der Waals surface area contributed by atoms with Gasteiger partial charge in [-0.3, -0.25) is 4.90 Å². The highest BCUT2D eigenvalue weighted by Crippen LogP contribution is 2.13. The molecule has 0 amide bonds. The minimum absolute atomic E-state index is 0.169. The average molecular weight is 202 g/mol. The molecule has 1 aliphatic rings. The Hall–Kier alpha value is -0.150. The van der Waals surface area contributed by atoms with Crippen LogP contribution in [0.1, 0.15) is 34.1 Å². The molecule has 1 aliphatic heterocycles. The van der Waals surface area contributed by atoms with E-state index in [-0.39, 0.29) is 5.54 Å². The van der Waals surface area contributed by atoms with Crippen LogP contribution in [0.4, 0.5) is 4.39 Å². The number of rotatable bonds is 3. The maximum atomic E-state index is 12.8. The van der Waals surface area contributed by atoms with Crippen molar-refractivity contribution in [3.05, 3.63) is 0 Å². The maximum absolute atomic E-state index is 12.8. The highest BCUT2D eigenvalue weighted by Gasteiger charge is 2.26. The fourth-order valence-corrected chi connectivity index (χ4v) is 2.08. The van der Waals surface area contributed by atoms with E-state index in [1.54, 1.807) is 6.92 Å². The van der Waals surface area contributed by atoms with Crippen LogP contribution in [0, 0.1) is 0 Å². The van der Waals surface area contributed by atoms with Gasteiger partial charge in [-0.1, -0.05) is 0 Å². The topological polar surface area (TPSA) is 15.3 Å². The molecule has 3 heteroatoms. The summed E-state index contributed by atoms with van der Waals surface area (Å²) in [6.07, 6.45) is 0.438. The largest absolute Gasteiger partial charge is 0.308 e. The second-order valence-electron chi connectivity index (χ2n) is 5.42. The lowest BCUT2D eigenvalue weighted by molar-refractivity contribution is 0.227. The van der Waals surface area contributed by atoms with E-state index < -0.39 is 6.17 Å². The third kappa shape index (κ3) is 4.38. The zero-order chi connectivity index (χ0) is 10.8. The second kappa shape index (κ2) is 4.58. The molecule has 84 valence electrons. The van der Waals surface area contributed by atoms with Crippen molar-refractivity contribution in [2.24, 2.45) is 0 Å². The lowest BCUT2D eigenvalue weighted by Gasteiger charge is -2.26. The molecule has 1 rings (SSSR count). The van der Waals surface area contributed by atoms with Gasteiger partial charge in [0.25, 0.3) is 0 Å². The molecule has 0 aromatic carbocycles. The molecule has 0 bridgehead atoms. The van der Waals surface area contributed by atoms with Gasteiger partial charge in [-0.2, -0.15) is 0 Å². The van der Waals surface area contributed by atoms with Crippen molar-refractivity contribution in [3.63, 3.8) is 0 Å². The average Bonchev–Trinajstić information content (AvgIpc) is 2.30. The van der Waals surface area contributed by atoms with Crippen molar-refractivity contribution >= 4 is 0 Å². The molecular weight excluding hydrogens is 179 g/mol. The van der Waals surface area contributed by atoms with E-state index in [9.17, 15) is 4.39 Å². The summed E-state index contributed by atoms with van der Waals surface area (Å²) in [5, 5.41) is 3.56. The lowest BCUT2D eigenvalue weighted by Crippen LogP contribution is -2.45. The van der Waals surface area contributed by atoms with Gasteiger partial charge in [0.2, 0.25) is 0 Å². The first-order valence-corrected chi connectivity index (χ1v) is 5.51. The number of halogens is 1. The summed E-state index contributed by atoms with van der Waals surface area (Å²) in [5.74, 6) is 0. The van der Waals surface area contributed by atoms with E-state index >= 15 is 0 Å². The monoisotopic (exact) mass is 202 g/mol. The van der Waals surface area contributed by atoms with Crippen molar-refractivity contribution in [3.8, 4) is 0 Å². The van der Waals surface area contributed by atoms with Gasteiger partial charge < -0.3 is 5.32 Å². The fourth-order valence-electron chi connectivity index (χ4n) is 2.08. The number of hydrogen-bond donors (Lipinski definition) is 1. The number of likely N-dealkylation sites (tertiary alicyclic amines) is 1. The van der Waals surface area contributed by atoms with Gasteiger partial charge in [0, 0.05) is 24.7 Å². The van der Waals surface area contributed by atoms with Crippen LogP contribution in [0.3, 0.4) is 0 Å². The predicted octanol–water partition coefficient (Wildman–Crippen LogP) is 1.81. The summed E-state index contributed by atoms with van der Waals surface area (Å²) >= 11 is 0. The highest BCUT2D eigenvalue weighted by molar-refractivity contribution is 4.86. The summed E-state index contributed by atoms with van der Waals surface area (Å²) in [4.78, 5) is 2.20. The van der Waals surface area contributed by atoms with Gasteiger partial charge in [-0.05, 0) is 40.7 Å². The van der Waals surface area contributed by atoms with E-state index in [2.05, 4.69) is 31.0 Å². The van der Waals surface area contributed by atoms with Crippen molar-refractivity contribution in [2.45, 2.75) is 51.9 Å². The molecule has 0 aromatic rings. The van der Waals surface area contributed by atoms with Crippen LogP contribution in [-0.2, 0) is 0 Å². The Balaban J connectivity index is 2.27. The van der Waals surface area contributed by atoms with Crippen LogP contribution in [-0.4, -0.2) is 42.3 Å². The van der Waals surface area contributed by atoms with Gasteiger partial charge in [-0.25, -0.2) is 4.39 Å². The number of nitrogens with zero attached hydrogens (tertiary/aromatic N) is 1. The van der Waals surface area contributed by atoms with Crippen LogP contribution in [0.25, 0.3) is 0 Å². The highest BCUT2D eigenvalue weighted by atomic mass is 19.1. The van der Waals surface area contributed by atoms with E-state index in [0.29, 0.717) is 12.6 Å². The zero-order valence-electron chi connectivity index (χ0n) is 9.81. The lowest BCUT2D eigenvalue weighted by atomic mass is 10.1. The molecule has 1 unspecified atom stereocenters. The Labute approximate surface area is 86.9 Å². The predicted molar refractivity (Wildman–Crippen MR) is 58.3 cm³/mol. The second-order valence-corrected chi connectivity index (χ2v) is 5.42. The Kier molecular flexibility index (Phi) is 3.90. The van der Waals surface area contributed by atoms with Gasteiger partial charge in [-0.15, -0.1) is 0 Å². The molecule has 0 spiro atoms. The van der Waals surface area contributed by atoms with E-state index in [4.69, 9.17) is 0 Å². The van der Waals surface area contributed by atoms with Gasteiger partial charge in [0.15, 0.2) is 0 Å². The summed E-state index contributed by atoms with van der Waals surface area (Å²) in [7, 11) is 0. The van der Waals surface area contributed by atoms with Gasteiger partial charge in [0.05, 0.1) is 0 Å². The first kappa shape index (κ1) is 11.9. The molecule has 14 heavy (non-hydrogen) atoms. The summed E-state index contributed by atoms with van der Waals surface area (Å²) in [6.45, 7) is 10.8. The number of nitrogens with one attached hydrogen (secondary N) is 1. The Morgan fingerprint density at radius 3 is 2.64 bits per heavy atom. The normalized spacial score (nSPS) is 26.8. The van der Waals surface area contributed by atoms with Crippen LogP contribution in [0.15, 0.2) is 0 Å². The minimum atomic E-state index is -0.705. The first-order valence-electron chi connectivity index (χ1n) is 5.51. The number of hydrogen-bond acceptors (Lipinski definition) is 2. The molecule has 1 saturated heterocycles. The van der Waals surface area contributed by atoms with Crippen molar-refractivity contribution in [1.82, 2.24) is 10.2 Å². The van der Waals surface area contributed by atoms with Crippen LogP contribution in [0.2, 0.25) is 0 Å². The minimum Gasteiger partial charge on any atom is -0.308 e. The molecule has 0 aromatic heterocycles. The van der Waals surface area contributed by atoms with Crippen molar-refractivity contribution in [1.29, 1.82) is 0 Å². The van der Waals surface area contributed by atoms with Crippen LogP contribution in [0.5, 0.6) is 0 Å².